The molecule has 2 rings (SSSR count). The Hall–Kier alpha value is -2.63. The number of ether oxygens (including phenoxy) is 1. The summed E-state index contributed by atoms with van der Waals surface area (Å²) in [7, 11) is 0. The summed E-state index contributed by atoms with van der Waals surface area (Å²) in [5.41, 5.74) is 1.91. The number of nitrogens with one attached hydrogen (secondary N) is 2. The molecule has 0 radical (unpaired) electrons. The van der Waals surface area contributed by atoms with Crippen LogP contribution in [0.4, 0.5) is 4.79 Å². The van der Waals surface area contributed by atoms with E-state index in [0.29, 0.717) is 13.2 Å². The molecule has 1 heterocycles. The van der Waals surface area contributed by atoms with Gasteiger partial charge in [-0.05, 0) is 30.7 Å². The summed E-state index contributed by atoms with van der Waals surface area (Å²) in [6, 6.07) is 9.38. The number of hydrogen-bond donors (Lipinski definition) is 2. The average molecular weight is 301 g/mol. The highest BCUT2D eigenvalue weighted by Gasteiger charge is 2.04. The Bertz CT molecular complexity index is 658. The molecule has 2 N–H and O–H groups in total. The smallest absolute Gasteiger partial charge is 0.315 e. The number of carbonyl (C=O) groups excluding carboxylic acids is 2. The van der Waals surface area contributed by atoms with Crippen LogP contribution < -0.4 is 10.6 Å². The second-order valence-corrected chi connectivity index (χ2v) is 4.69. The van der Waals surface area contributed by atoms with Crippen molar-refractivity contribution in [3.05, 3.63) is 42.1 Å². The van der Waals surface area contributed by atoms with E-state index in [1.54, 1.807) is 13.1 Å². The number of carbonyl (C=O) groups is 2. The highest BCUT2D eigenvalue weighted by Crippen LogP contribution is 2.12. The van der Waals surface area contributed by atoms with Crippen molar-refractivity contribution in [2.75, 3.05) is 13.2 Å². The number of pyridine rings is 1. The van der Waals surface area contributed by atoms with Crippen molar-refractivity contribution in [2.45, 2.75) is 19.9 Å². The summed E-state index contributed by atoms with van der Waals surface area (Å²) in [4.78, 5) is 27.0. The summed E-state index contributed by atoms with van der Waals surface area (Å²) in [5, 5.41) is 6.39. The van der Waals surface area contributed by atoms with Gasteiger partial charge in [-0.15, -0.1) is 0 Å². The Labute approximate surface area is 128 Å². The maximum absolute atomic E-state index is 11.6. The summed E-state index contributed by atoms with van der Waals surface area (Å²) in [6.07, 6.45) is 1.92. The van der Waals surface area contributed by atoms with E-state index in [4.69, 9.17) is 4.74 Å². The number of rotatable bonds is 6. The lowest BCUT2D eigenvalue weighted by Gasteiger charge is -2.08. The van der Waals surface area contributed by atoms with Gasteiger partial charge in [-0.2, -0.15) is 0 Å². The third kappa shape index (κ3) is 4.73. The minimum absolute atomic E-state index is 0.170. The van der Waals surface area contributed by atoms with Crippen LogP contribution in [-0.2, 0) is 16.1 Å². The van der Waals surface area contributed by atoms with Crippen LogP contribution in [0.2, 0.25) is 0 Å². The van der Waals surface area contributed by atoms with Crippen molar-refractivity contribution in [2.24, 2.45) is 0 Å². The standard InChI is InChI=1S/C16H19N3O3/c1-2-22-15(20)7-9-18-16(21)19-11-12-5-6-14-13(10-12)4-3-8-17-14/h3-6,8,10H,2,7,9,11H2,1H3,(H2,18,19,21). The third-order valence-corrected chi connectivity index (χ3v) is 3.04. The molecule has 0 atom stereocenters. The molecule has 2 aromatic rings. The molecule has 22 heavy (non-hydrogen) atoms. The molecule has 0 aliphatic carbocycles. The minimum Gasteiger partial charge on any atom is -0.466 e. The van der Waals surface area contributed by atoms with E-state index in [1.165, 1.54) is 0 Å². The van der Waals surface area contributed by atoms with E-state index >= 15 is 0 Å². The molecule has 0 aliphatic rings. The number of aromatic nitrogens is 1. The number of hydrogen-bond acceptors (Lipinski definition) is 4. The van der Waals surface area contributed by atoms with Gasteiger partial charge < -0.3 is 15.4 Å². The Morgan fingerprint density at radius 1 is 1.23 bits per heavy atom. The van der Waals surface area contributed by atoms with Gasteiger partial charge in [0.15, 0.2) is 0 Å². The predicted octanol–water partition coefficient (Wildman–Crippen LogP) is 1.99. The first-order valence-corrected chi connectivity index (χ1v) is 7.20. The first kappa shape index (κ1) is 15.8. The molecule has 6 nitrogen and oxygen atoms in total. The van der Waals surface area contributed by atoms with Crippen LogP contribution in [0.1, 0.15) is 18.9 Å². The fraction of sp³-hybridized carbons (Fsp3) is 0.312. The Morgan fingerprint density at radius 3 is 2.91 bits per heavy atom. The molecule has 0 aliphatic heterocycles. The lowest BCUT2D eigenvalue weighted by Crippen LogP contribution is -2.36. The Balaban J connectivity index is 1.76. The zero-order valence-corrected chi connectivity index (χ0v) is 12.5. The van der Waals surface area contributed by atoms with Gasteiger partial charge in [0.05, 0.1) is 18.5 Å². The van der Waals surface area contributed by atoms with E-state index in [1.807, 2.05) is 30.3 Å². The highest BCUT2D eigenvalue weighted by molar-refractivity contribution is 5.79. The van der Waals surface area contributed by atoms with Crippen molar-refractivity contribution >= 4 is 22.9 Å². The number of urea groups is 1. The van der Waals surface area contributed by atoms with E-state index in [2.05, 4.69) is 15.6 Å². The largest absolute Gasteiger partial charge is 0.466 e. The molecule has 0 unspecified atom stereocenters. The van der Waals surface area contributed by atoms with Gasteiger partial charge >= 0.3 is 12.0 Å². The van der Waals surface area contributed by atoms with Crippen molar-refractivity contribution in [1.29, 1.82) is 0 Å². The molecule has 0 saturated heterocycles. The van der Waals surface area contributed by atoms with Crippen LogP contribution in [0.25, 0.3) is 10.9 Å². The molecule has 0 spiro atoms. The summed E-state index contributed by atoms with van der Waals surface area (Å²) in [6.45, 7) is 2.77. The molecule has 1 aromatic carbocycles. The van der Waals surface area contributed by atoms with Crippen molar-refractivity contribution in [3.8, 4) is 0 Å². The van der Waals surface area contributed by atoms with Crippen LogP contribution in [0.3, 0.4) is 0 Å². The molecule has 116 valence electrons. The number of benzene rings is 1. The molecular weight excluding hydrogens is 282 g/mol. The van der Waals surface area contributed by atoms with Crippen LogP contribution in [0.5, 0.6) is 0 Å². The topological polar surface area (TPSA) is 80.3 Å². The summed E-state index contributed by atoms with van der Waals surface area (Å²) in [5.74, 6) is -0.315. The van der Waals surface area contributed by atoms with Gasteiger partial charge in [-0.3, -0.25) is 9.78 Å². The third-order valence-electron chi connectivity index (χ3n) is 3.04. The molecule has 0 fully saturated rings. The molecule has 6 heteroatoms. The van der Waals surface area contributed by atoms with Crippen LogP contribution >= 0.6 is 0 Å². The molecular formula is C16H19N3O3. The van der Waals surface area contributed by atoms with Gasteiger partial charge in [0, 0.05) is 24.7 Å². The van der Waals surface area contributed by atoms with Gasteiger partial charge in [-0.25, -0.2) is 4.79 Å². The number of nitrogens with zero attached hydrogens (tertiary/aromatic N) is 1. The zero-order valence-electron chi connectivity index (χ0n) is 12.5. The first-order valence-electron chi connectivity index (χ1n) is 7.20. The summed E-state index contributed by atoms with van der Waals surface area (Å²) < 4.78 is 4.78. The molecule has 0 saturated carbocycles. The normalized spacial score (nSPS) is 10.2. The van der Waals surface area contributed by atoms with Gasteiger partial charge in [0.1, 0.15) is 0 Å². The maximum atomic E-state index is 11.6. The number of fused-ring (bicyclic) bond motifs is 1. The number of esters is 1. The van der Waals surface area contributed by atoms with Gasteiger partial charge in [-0.1, -0.05) is 12.1 Å². The lowest BCUT2D eigenvalue weighted by molar-refractivity contribution is -0.142. The van der Waals surface area contributed by atoms with E-state index in [0.717, 1.165) is 16.5 Å². The average Bonchev–Trinajstić information content (AvgIpc) is 2.53. The van der Waals surface area contributed by atoms with Crippen molar-refractivity contribution < 1.29 is 14.3 Å². The Kier molecular flexibility index (Phi) is 5.71. The van der Waals surface area contributed by atoms with E-state index in [-0.39, 0.29) is 25.0 Å². The van der Waals surface area contributed by atoms with Crippen LogP contribution in [-0.4, -0.2) is 30.1 Å². The van der Waals surface area contributed by atoms with Crippen LogP contribution in [0, 0.1) is 0 Å². The van der Waals surface area contributed by atoms with Gasteiger partial charge in [0.2, 0.25) is 0 Å². The zero-order chi connectivity index (χ0) is 15.8. The molecule has 1 aromatic heterocycles. The number of amides is 2. The molecule has 2 amide bonds. The van der Waals surface area contributed by atoms with E-state index in [9.17, 15) is 9.59 Å². The van der Waals surface area contributed by atoms with Crippen LogP contribution in [0.15, 0.2) is 36.5 Å². The fourth-order valence-corrected chi connectivity index (χ4v) is 1.99. The SMILES string of the molecule is CCOC(=O)CCNC(=O)NCc1ccc2ncccc2c1. The minimum atomic E-state index is -0.315. The van der Waals surface area contributed by atoms with Crippen molar-refractivity contribution in [1.82, 2.24) is 15.6 Å². The predicted molar refractivity (Wildman–Crippen MR) is 83.2 cm³/mol. The maximum Gasteiger partial charge on any atom is 0.315 e. The molecule has 0 bridgehead atoms. The quantitative estimate of drug-likeness (QED) is 0.800. The van der Waals surface area contributed by atoms with Crippen molar-refractivity contribution in [3.63, 3.8) is 0 Å². The monoisotopic (exact) mass is 301 g/mol. The first-order chi connectivity index (χ1) is 10.7. The highest BCUT2D eigenvalue weighted by atomic mass is 16.5. The fourth-order valence-electron chi connectivity index (χ4n) is 1.99. The van der Waals surface area contributed by atoms with Gasteiger partial charge in [0.25, 0.3) is 0 Å². The summed E-state index contributed by atoms with van der Waals surface area (Å²) >= 11 is 0. The lowest BCUT2D eigenvalue weighted by atomic mass is 10.1. The second-order valence-electron chi connectivity index (χ2n) is 4.69. The second kappa shape index (κ2) is 7.97. The Morgan fingerprint density at radius 2 is 2.09 bits per heavy atom. The van der Waals surface area contributed by atoms with E-state index < -0.39 is 0 Å².